The second-order valence-corrected chi connectivity index (χ2v) is 6.41. The van der Waals surface area contributed by atoms with Crippen LogP contribution in [0.25, 0.3) is 0 Å². The third kappa shape index (κ3) is 4.56. The van der Waals surface area contributed by atoms with Gasteiger partial charge in [-0.2, -0.15) is 13.2 Å². The van der Waals surface area contributed by atoms with Gasteiger partial charge in [0.25, 0.3) is 5.91 Å². The SMILES string of the molecule is O=C(c1cccnc1NCc1ccc(F)cc1C(F)(F)F)N1CCCCC1. The Labute approximate surface area is 154 Å². The molecule has 0 saturated carbocycles. The van der Waals surface area contributed by atoms with Crippen LogP contribution in [0.1, 0.15) is 40.7 Å². The second-order valence-electron chi connectivity index (χ2n) is 6.41. The number of carbonyl (C=O) groups is 1. The van der Waals surface area contributed by atoms with Crippen LogP contribution in [0, 0.1) is 5.82 Å². The molecule has 2 aromatic rings. The van der Waals surface area contributed by atoms with Crippen molar-refractivity contribution in [2.24, 2.45) is 0 Å². The highest BCUT2D eigenvalue weighted by atomic mass is 19.4. The van der Waals surface area contributed by atoms with Crippen molar-refractivity contribution in [3.63, 3.8) is 0 Å². The number of carbonyl (C=O) groups excluding carboxylic acids is 1. The van der Waals surface area contributed by atoms with E-state index in [-0.39, 0.29) is 23.8 Å². The summed E-state index contributed by atoms with van der Waals surface area (Å²) in [6.07, 6.45) is -0.272. The van der Waals surface area contributed by atoms with E-state index in [9.17, 15) is 22.4 Å². The molecule has 8 heteroatoms. The number of halogens is 4. The Balaban J connectivity index is 1.81. The van der Waals surface area contributed by atoms with Crippen LogP contribution < -0.4 is 5.32 Å². The minimum atomic E-state index is -4.67. The molecule has 0 unspecified atom stereocenters. The average Bonchev–Trinajstić information content (AvgIpc) is 2.66. The molecular weight excluding hydrogens is 362 g/mol. The molecule has 1 saturated heterocycles. The van der Waals surface area contributed by atoms with E-state index in [1.165, 1.54) is 6.20 Å². The highest BCUT2D eigenvalue weighted by molar-refractivity contribution is 5.98. The summed E-state index contributed by atoms with van der Waals surface area (Å²) >= 11 is 0. The van der Waals surface area contributed by atoms with Gasteiger partial charge in [-0.1, -0.05) is 6.07 Å². The lowest BCUT2D eigenvalue weighted by Crippen LogP contribution is -2.36. The van der Waals surface area contributed by atoms with Gasteiger partial charge in [-0.25, -0.2) is 9.37 Å². The van der Waals surface area contributed by atoms with Gasteiger partial charge in [-0.3, -0.25) is 4.79 Å². The van der Waals surface area contributed by atoms with E-state index in [4.69, 9.17) is 0 Å². The first-order valence-electron chi connectivity index (χ1n) is 8.70. The zero-order valence-electron chi connectivity index (χ0n) is 14.5. The Morgan fingerprint density at radius 2 is 1.89 bits per heavy atom. The summed E-state index contributed by atoms with van der Waals surface area (Å²) in [5.74, 6) is -0.934. The Kier molecular flexibility index (Phi) is 5.62. The highest BCUT2D eigenvalue weighted by Crippen LogP contribution is 2.33. The van der Waals surface area contributed by atoms with Gasteiger partial charge in [0, 0.05) is 25.8 Å². The second kappa shape index (κ2) is 7.94. The van der Waals surface area contributed by atoms with Crippen molar-refractivity contribution in [2.45, 2.75) is 32.0 Å². The summed E-state index contributed by atoms with van der Waals surface area (Å²) in [6, 6.07) is 5.74. The Morgan fingerprint density at radius 3 is 2.59 bits per heavy atom. The van der Waals surface area contributed by atoms with Gasteiger partial charge in [0.15, 0.2) is 0 Å². The lowest BCUT2D eigenvalue weighted by Gasteiger charge is -2.27. The summed E-state index contributed by atoms with van der Waals surface area (Å²) in [4.78, 5) is 18.6. The number of nitrogens with zero attached hydrogens (tertiary/aromatic N) is 2. The molecule has 0 bridgehead atoms. The molecule has 1 aromatic heterocycles. The van der Waals surface area contributed by atoms with Crippen LogP contribution in [0.15, 0.2) is 36.5 Å². The van der Waals surface area contributed by atoms with Crippen molar-refractivity contribution in [2.75, 3.05) is 18.4 Å². The van der Waals surface area contributed by atoms with E-state index in [0.717, 1.165) is 31.4 Å². The molecule has 0 spiro atoms. The number of pyridine rings is 1. The number of alkyl halides is 3. The number of nitrogens with one attached hydrogen (secondary N) is 1. The predicted octanol–water partition coefficient (Wildman–Crippen LogP) is 4.48. The van der Waals surface area contributed by atoms with Crippen molar-refractivity contribution in [3.8, 4) is 0 Å². The van der Waals surface area contributed by atoms with Gasteiger partial charge >= 0.3 is 6.18 Å². The van der Waals surface area contributed by atoms with E-state index in [2.05, 4.69) is 10.3 Å². The Bertz CT molecular complexity index is 817. The van der Waals surface area contributed by atoms with Gasteiger partial charge in [0.05, 0.1) is 11.1 Å². The van der Waals surface area contributed by atoms with E-state index in [1.54, 1.807) is 17.0 Å². The minimum Gasteiger partial charge on any atom is -0.365 e. The Morgan fingerprint density at radius 1 is 1.15 bits per heavy atom. The molecule has 0 aliphatic carbocycles. The maximum atomic E-state index is 13.2. The molecule has 144 valence electrons. The van der Waals surface area contributed by atoms with Gasteiger partial charge in [0.1, 0.15) is 11.6 Å². The molecule has 1 N–H and O–H groups in total. The fraction of sp³-hybridized carbons (Fsp3) is 0.368. The summed E-state index contributed by atoms with van der Waals surface area (Å²) in [5, 5.41) is 2.80. The van der Waals surface area contributed by atoms with Crippen LogP contribution in [-0.4, -0.2) is 28.9 Å². The van der Waals surface area contributed by atoms with Crippen molar-refractivity contribution in [1.29, 1.82) is 0 Å². The molecule has 0 atom stereocenters. The normalized spacial score (nSPS) is 14.9. The third-order valence-electron chi connectivity index (χ3n) is 4.50. The van der Waals surface area contributed by atoms with Crippen molar-refractivity contribution < 1.29 is 22.4 Å². The average molecular weight is 381 g/mol. The number of likely N-dealkylation sites (tertiary alicyclic amines) is 1. The number of piperidine rings is 1. The summed E-state index contributed by atoms with van der Waals surface area (Å²) in [7, 11) is 0. The van der Waals surface area contributed by atoms with Crippen LogP contribution >= 0.6 is 0 Å². The highest BCUT2D eigenvalue weighted by Gasteiger charge is 2.33. The maximum Gasteiger partial charge on any atom is 0.416 e. The maximum absolute atomic E-state index is 13.2. The smallest absolute Gasteiger partial charge is 0.365 e. The van der Waals surface area contributed by atoms with Crippen LogP contribution in [0.2, 0.25) is 0 Å². The van der Waals surface area contributed by atoms with E-state index < -0.39 is 17.6 Å². The fourth-order valence-corrected chi connectivity index (χ4v) is 3.13. The zero-order chi connectivity index (χ0) is 19.4. The molecule has 1 aromatic carbocycles. The molecule has 4 nitrogen and oxygen atoms in total. The van der Waals surface area contributed by atoms with Crippen molar-refractivity contribution in [1.82, 2.24) is 9.88 Å². The lowest BCUT2D eigenvalue weighted by molar-refractivity contribution is -0.138. The van der Waals surface area contributed by atoms with E-state index >= 15 is 0 Å². The van der Waals surface area contributed by atoms with Crippen LogP contribution in [0.5, 0.6) is 0 Å². The number of hydrogen-bond acceptors (Lipinski definition) is 3. The molecule has 27 heavy (non-hydrogen) atoms. The quantitative estimate of drug-likeness (QED) is 0.795. The third-order valence-corrected chi connectivity index (χ3v) is 4.50. The zero-order valence-corrected chi connectivity index (χ0v) is 14.5. The molecule has 1 amide bonds. The number of anilines is 1. The predicted molar refractivity (Wildman–Crippen MR) is 92.7 cm³/mol. The van der Waals surface area contributed by atoms with E-state index in [1.807, 2.05) is 0 Å². The summed E-state index contributed by atoms with van der Waals surface area (Å²) in [6.45, 7) is 1.08. The summed E-state index contributed by atoms with van der Waals surface area (Å²) in [5.41, 5.74) is -0.851. The van der Waals surface area contributed by atoms with Gasteiger partial charge in [0.2, 0.25) is 0 Å². The van der Waals surface area contributed by atoms with Gasteiger partial charge < -0.3 is 10.2 Å². The Hall–Kier alpha value is -2.64. The molecule has 3 rings (SSSR count). The first-order valence-corrected chi connectivity index (χ1v) is 8.70. The van der Waals surface area contributed by atoms with Crippen LogP contribution in [-0.2, 0) is 12.7 Å². The molecule has 2 heterocycles. The fourth-order valence-electron chi connectivity index (χ4n) is 3.13. The molecule has 1 aliphatic rings. The lowest BCUT2D eigenvalue weighted by atomic mass is 10.1. The standard InChI is InChI=1S/C19H19F4N3O/c20-14-7-6-13(16(11-14)19(21,22)23)12-25-17-15(5-4-8-24-17)18(27)26-9-2-1-3-10-26/h4-8,11H,1-3,9-10,12H2,(H,24,25). The van der Waals surface area contributed by atoms with Gasteiger partial charge in [-0.05, 0) is 49.1 Å². The minimum absolute atomic E-state index is 0.120. The molecule has 0 radical (unpaired) electrons. The first kappa shape index (κ1) is 19.1. The number of aromatic nitrogens is 1. The molecular formula is C19H19F4N3O. The van der Waals surface area contributed by atoms with Crippen LogP contribution in [0.3, 0.4) is 0 Å². The van der Waals surface area contributed by atoms with Crippen LogP contribution in [0.4, 0.5) is 23.4 Å². The van der Waals surface area contributed by atoms with Crippen molar-refractivity contribution >= 4 is 11.7 Å². The molecule has 1 aliphatic heterocycles. The monoisotopic (exact) mass is 381 g/mol. The summed E-state index contributed by atoms with van der Waals surface area (Å²) < 4.78 is 52.6. The number of benzene rings is 1. The number of rotatable bonds is 4. The van der Waals surface area contributed by atoms with E-state index in [0.29, 0.717) is 24.7 Å². The first-order chi connectivity index (χ1) is 12.9. The van der Waals surface area contributed by atoms with Crippen molar-refractivity contribution in [3.05, 3.63) is 59.0 Å². The number of hydrogen-bond donors (Lipinski definition) is 1. The molecule has 1 fully saturated rings. The topological polar surface area (TPSA) is 45.2 Å². The van der Waals surface area contributed by atoms with Gasteiger partial charge in [-0.15, -0.1) is 0 Å². The number of amides is 1. The largest absolute Gasteiger partial charge is 0.416 e.